The van der Waals surface area contributed by atoms with Crippen LogP contribution in [0.5, 0.6) is 0 Å². The molecule has 2 aromatic rings. The molecule has 5 nitrogen and oxygen atoms in total. The fraction of sp³-hybridized carbons (Fsp3) is 0.188. The molecule has 0 fully saturated rings. The third-order valence-electron chi connectivity index (χ3n) is 3.20. The fourth-order valence-corrected chi connectivity index (χ4v) is 2.53. The molecule has 0 radical (unpaired) electrons. The van der Waals surface area contributed by atoms with Gasteiger partial charge in [-0.3, -0.25) is 14.6 Å². The Morgan fingerprint density at radius 2 is 1.83 bits per heavy atom. The van der Waals surface area contributed by atoms with E-state index >= 15 is 0 Å². The molecule has 126 valence electrons. The quantitative estimate of drug-likeness (QED) is 0.856. The van der Waals surface area contributed by atoms with Crippen LogP contribution in [0.15, 0.2) is 36.5 Å². The summed E-state index contributed by atoms with van der Waals surface area (Å²) in [7, 11) is 1.62. The van der Waals surface area contributed by atoms with Gasteiger partial charge in [-0.15, -0.1) is 0 Å². The van der Waals surface area contributed by atoms with E-state index in [1.165, 1.54) is 17.2 Å². The summed E-state index contributed by atoms with van der Waals surface area (Å²) in [5.41, 5.74) is 0.915. The number of hydrogen-bond donors (Lipinski definition) is 1. The molecule has 0 saturated carbocycles. The zero-order valence-electron chi connectivity index (χ0n) is 12.7. The van der Waals surface area contributed by atoms with E-state index < -0.39 is 5.91 Å². The highest BCUT2D eigenvalue weighted by Crippen LogP contribution is 2.21. The Morgan fingerprint density at radius 3 is 2.50 bits per heavy atom. The van der Waals surface area contributed by atoms with Gasteiger partial charge in [0.05, 0.1) is 6.54 Å². The third-order valence-corrected chi connectivity index (χ3v) is 4.03. The zero-order valence-corrected chi connectivity index (χ0v) is 15.0. The van der Waals surface area contributed by atoms with Crippen molar-refractivity contribution in [2.75, 3.05) is 13.6 Å². The summed E-state index contributed by atoms with van der Waals surface area (Å²) < 4.78 is 0. The van der Waals surface area contributed by atoms with Crippen molar-refractivity contribution in [1.29, 1.82) is 0 Å². The molecule has 0 saturated heterocycles. The first-order valence-corrected chi connectivity index (χ1v) is 8.08. The van der Waals surface area contributed by atoms with Crippen LogP contribution in [0.1, 0.15) is 16.1 Å². The first-order valence-electron chi connectivity index (χ1n) is 6.94. The van der Waals surface area contributed by atoms with Crippen LogP contribution >= 0.6 is 34.8 Å². The van der Waals surface area contributed by atoms with E-state index in [1.807, 2.05) is 0 Å². The summed E-state index contributed by atoms with van der Waals surface area (Å²) in [5.74, 6) is -0.736. The van der Waals surface area contributed by atoms with E-state index in [1.54, 1.807) is 31.3 Å². The van der Waals surface area contributed by atoms with Crippen molar-refractivity contribution in [3.05, 3.63) is 62.9 Å². The van der Waals surface area contributed by atoms with Crippen molar-refractivity contribution in [2.45, 2.75) is 6.54 Å². The monoisotopic (exact) mass is 385 g/mol. The Bertz CT molecular complexity index is 768. The zero-order chi connectivity index (χ0) is 17.7. The van der Waals surface area contributed by atoms with Gasteiger partial charge in [0, 0.05) is 34.9 Å². The van der Waals surface area contributed by atoms with E-state index in [9.17, 15) is 9.59 Å². The number of hydrogen-bond acceptors (Lipinski definition) is 3. The van der Waals surface area contributed by atoms with Crippen molar-refractivity contribution < 1.29 is 9.59 Å². The van der Waals surface area contributed by atoms with Gasteiger partial charge in [-0.1, -0.05) is 40.9 Å². The number of carbonyl (C=O) groups excluding carboxylic acids is 2. The Kier molecular flexibility index (Phi) is 6.43. The number of carbonyl (C=O) groups is 2. The highest BCUT2D eigenvalue weighted by molar-refractivity contribution is 6.35. The van der Waals surface area contributed by atoms with Crippen LogP contribution in [0.3, 0.4) is 0 Å². The minimum absolute atomic E-state index is 0.152. The molecule has 1 aromatic heterocycles. The van der Waals surface area contributed by atoms with E-state index in [4.69, 9.17) is 34.8 Å². The number of halogens is 3. The normalized spacial score (nSPS) is 10.3. The smallest absolute Gasteiger partial charge is 0.270 e. The predicted molar refractivity (Wildman–Crippen MR) is 94.5 cm³/mol. The van der Waals surface area contributed by atoms with Gasteiger partial charge in [-0.2, -0.15) is 0 Å². The number of rotatable bonds is 5. The number of nitrogens with one attached hydrogen (secondary N) is 1. The summed E-state index contributed by atoms with van der Waals surface area (Å²) >= 11 is 17.7. The second kappa shape index (κ2) is 8.33. The van der Waals surface area contributed by atoms with Crippen molar-refractivity contribution in [3.8, 4) is 0 Å². The molecule has 8 heteroatoms. The Hall–Kier alpha value is -1.82. The van der Waals surface area contributed by atoms with Crippen LogP contribution in [-0.4, -0.2) is 35.3 Å². The average molecular weight is 387 g/mol. The SMILES string of the molecule is CN(Cc1ccc(Cl)cc1Cl)C(=O)CNC(=O)c1cc(Cl)ccn1. The van der Waals surface area contributed by atoms with E-state index in [-0.39, 0.29) is 18.1 Å². The van der Waals surface area contributed by atoms with Crippen LogP contribution < -0.4 is 5.32 Å². The molecule has 1 heterocycles. The number of likely N-dealkylation sites (N-methyl/N-ethyl adjacent to an activating group) is 1. The van der Waals surface area contributed by atoms with Crippen LogP contribution in [0.2, 0.25) is 15.1 Å². The van der Waals surface area contributed by atoms with Gasteiger partial charge in [0.2, 0.25) is 5.91 Å². The average Bonchev–Trinajstić information content (AvgIpc) is 2.54. The van der Waals surface area contributed by atoms with Crippen molar-refractivity contribution in [2.24, 2.45) is 0 Å². The van der Waals surface area contributed by atoms with Gasteiger partial charge in [0.1, 0.15) is 5.69 Å². The predicted octanol–water partition coefficient (Wildman–Crippen LogP) is 3.43. The first-order chi connectivity index (χ1) is 11.4. The molecule has 0 aliphatic rings. The minimum Gasteiger partial charge on any atom is -0.342 e. The molecule has 1 N–H and O–H groups in total. The van der Waals surface area contributed by atoms with E-state index in [2.05, 4.69) is 10.3 Å². The topological polar surface area (TPSA) is 62.3 Å². The Labute approximate surface area is 154 Å². The van der Waals surface area contributed by atoms with E-state index in [0.717, 1.165) is 5.56 Å². The molecule has 0 aliphatic carbocycles. The Morgan fingerprint density at radius 1 is 1.12 bits per heavy atom. The van der Waals surface area contributed by atoms with Gasteiger partial charge in [-0.05, 0) is 29.8 Å². The number of pyridine rings is 1. The van der Waals surface area contributed by atoms with Gasteiger partial charge in [0.15, 0.2) is 0 Å². The van der Waals surface area contributed by atoms with Gasteiger partial charge in [-0.25, -0.2) is 0 Å². The largest absolute Gasteiger partial charge is 0.342 e. The highest BCUT2D eigenvalue weighted by Gasteiger charge is 2.14. The maximum atomic E-state index is 12.1. The molecule has 1 aromatic carbocycles. The Balaban J connectivity index is 1.90. The van der Waals surface area contributed by atoms with E-state index in [0.29, 0.717) is 21.6 Å². The van der Waals surface area contributed by atoms with Crippen LogP contribution in [0.25, 0.3) is 0 Å². The molecular formula is C16H14Cl3N3O2. The van der Waals surface area contributed by atoms with Crippen molar-refractivity contribution in [1.82, 2.24) is 15.2 Å². The lowest BCUT2D eigenvalue weighted by Crippen LogP contribution is -2.38. The summed E-state index contributed by atoms with van der Waals surface area (Å²) in [6.45, 7) is 0.148. The lowest BCUT2D eigenvalue weighted by Gasteiger charge is -2.18. The highest BCUT2D eigenvalue weighted by atomic mass is 35.5. The molecule has 0 unspecified atom stereocenters. The fourth-order valence-electron chi connectivity index (χ4n) is 1.90. The summed E-state index contributed by atoms with van der Waals surface area (Å²) in [6.07, 6.45) is 1.42. The lowest BCUT2D eigenvalue weighted by atomic mass is 10.2. The lowest BCUT2D eigenvalue weighted by molar-refractivity contribution is -0.129. The number of benzene rings is 1. The van der Waals surface area contributed by atoms with Crippen LogP contribution in [-0.2, 0) is 11.3 Å². The number of amides is 2. The maximum Gasteiger partial charge on any atom is 0.270 e. The van der Waals surface area contributed by atoms with Crippen molar-refractivity contribution in [3.63, 3.8) is 0 Å². The molecule has 24 heavy (non-hydrogen) atoms. The minimum atomic E-state index is -0.469. The summed E-state index contributed by atoms with van der Waals surface area (Å²) in [5, 5.41) is 3.92. The summed E-state index contributed by atoms with van der Waals surface area (Å²) in [4.78, 5) is 29.4. The molecule has 0 aliphatic heterocycles. The third kappa shape index (κ3) is 5.09. The van der Waals surface area contributed by atoms with Crippen LogP contribution in [0.4, 0.5) is 0 Å². The maximum absolute atomic E-state index is 12.1. The number of aromatic nitrogens is 1. The molecule has 0 bridgehead atoms. The van der Waals surface area contributed by atoms with Crippen molar-refractivity contribution >= 4 is 46.6 Å². The van der Waals surface area contributed by atoms with Gasteiger partial charge in [0.25, 0.3) is 5.91 Å². The molecular weight excluding hydrogens is 373 g/mol. The standard InChI is InChI=1S/C16H14Cl3N3O2/c1-22(9-10-2-3-11(17)6-13(10)19)15(23)8-21-16(24)14-7-12(18)4-5-20-14/h2-7H,8-9H2,1H3,(H,21,24). The molecule has 2 rings (SSSR count). The second-order valence-electron chi connectivity index (χ2n) is 5.03. The first kappa shape index (κ1) is 18.5. The van der Waals surface area contributed by atoms with Crippen LogP contribution in [0, 0.1) is 0 Å². The second-order valence-corrected chi connectivity index (χ2v) is 6.31. The molecule has 2 amide bonds. The van der Waals surface area contributed by atoms with Gasteiger partial charge < -0.3 is 10.2 Å². The number of nitrogens with zero attached hydrogens (tertiary/aromatic N) is 2. The molecule has 0 atom stereocenters. The van der Waals surface area contributed by atoms with Gasteiger partial charge >= 0.3 is 0 Å². The molecule has 0 spiro atoms. The summed E-state index contributed by atoms with van der Waals surface area (Å²) in [6, 6.07) is 8.06.